The lowest BCUT2D eigenvalue weighted by Crippen LogP contribution is -2.53. The van der Waals surface area contributed by atoms with Crippen molar-refractivity contribution >= 4 is 0 Å². The van der Waals surface area contributed by atoms with Crippen molar-refractivity contribution in [1.82, 2.24) is 10.2 Å². The van der Waals surface area contributed by atoms with Crippen LogP contribution in [0.2, 0.25) is 0 Å². The Balaban J connectivity index is 2.00. The molecule has 0 bridgehead atoms. The van der Waals surface area contributed by atoms with E-state index >= 15 is 0 Å². The second-order valence-corrected chi connectivity index (χ2v) is 6.40. The van der Waals surface area contributed by atoms with Crippen molar-refractivity contribution in [2.24, 2.45) is 0 Å². The molecule has 0 aromatic heterocycles. The first-order valence-corrected chi connectivity index (χ1v) is 7.08. The summed E-state index contributed by atoms with van der Waals surface area (Å²) in [4.78, 5) is 2.72. The maximum atomic E-state index is 3.79. The smallest absolute Gasteiger partial charge is 0.0309 e. The molecule has 1 unspecified atom stereocenters. The predicted octanol–water partition coefficient (Wildman–Crippen LogP) is 2.78. The van der Waals surface area contributed by atoms with Crippen LogP contribution in [0.4, 0.5) is 0 Å². The van der Waals surface area contributed by atoms with Crippen molar-refractivity contribution in [2.75, 3.05) is 19.6 Å². The highest BCUT2D eigenvalue weighted by molar-refractivity contribution is 4.99. The Morgan fingerprint density at radius 2 is 2.00 bits per heavy atom. The molecule has 1 N–H and O–H groups in total. The van der Waals surface area contributed by atoms with Gasteiger partial charge in [0.25, 0.3) is 0 Å². The molecule has 2 aliphatic rings. The molecule has 16 heavy (non-hydrogen) atoms. The minimum absolute atomic E-state index is 0.436. The molecule has 0 saturated carbocycles. The van der Waals surface area contributed by atoms with E-state index in [1.54, 1.807) is 0 Å². The monoisotopic (exact) mass is 224 g/mol. The molecule has 1 atom stereocenters. The number of nitrogens with one attached hydrogen (secondary N) is 1. The number of likely N-dealkylation sites (tertiary alicyclic amines) is 1. The van der Waals surface area contributed by atoms with Gasteiger partial charge in [-0.05, 0) is 59.0 Å². The maximum absolute atomic E-state index is 3.79. The molecular weight excluding hydrogens is 196 g/mol. The third kappa shape index (κ3) is 2.43. The van der Waals surface area contributed by atoms with Gasteiger partial charge in [0.05, 0.1) is 0 Å². The molecule has 2 fully saturated rings. The van der Waals surface area contributed by atoms with Gasteiger partial charge in [-0.1, -0.05) is 13.3 Å². The van der Waals surface area contributed by atoms with Crippen molar-refractivity contribution in [2.45, 2.75) is 70.4 Å². The SMILES string of the molecule is CCCC1(CN2CCCC2(C)C)CCCN1. The fourth-order valence-electron chi connectivity index (χ4n) is 3.60. The highest BCUT2D eigenvalue weighted by atomic mass is 15.2. The number of nitrogens with zero attached hydrogens (tertiary/aromatic N) is 1. The number of rotatable bonds is 4. The van der Waals surface area contributed by atoms with Crippen LogP contribution in [0.1, 0.15) is 59.3 Å². The van der Waals surface area contributed by atoms with Crippen LogP contribution in [0.15, 0.2) is 0 Å². The summed E-state index contributed by atoms with van der Waals surface area (Å²) in [5.74, 6) is 0. The number of hydrogen-bond donors (Lipinski definition) is 1. The Morgan fingerprint density at radius 1 is 1.19 bits per heavy atom. The molecule has 0 radical (unpaired) electrons. The third-order valence-electron chi connectivity index (χ3n) is 4.63. The van der Waals surface area contributed by atoms with E-state index in [0.717, 1.165) is 0 Å². The van der Waals surface area contributed by atoms with Gasteiger partial charge in [-0.15, -0.1) is 0 Å². The first-order valence-electron chi connectivity index (χ1n) is 7.08. The van der Waals surface area contributed by atoms with Crippen LogP contribution >= 0.6 is 0 Å². The molecule has 0 aromatic rings. The summed E-state index contributed by atoms with van der Waals surface area (Å²) in [5.41, 5.74) is 0.876. The Morgan fingerprint density at radius 3 is 2.50 bits per heavy atom. The molecule has 2 nitrogen and oxygen atoms in total. The summed E-state index contributed by atoms with van der Waals surface area (Å²) in [7, 11) is 0. The maximum Gasteiger partial charge on any atom is 0.0309 e. The molecule has 0 spiro atoms. The van der Waals surface area contributed by atoms with Gasteiger partial charge in [0.2, 0.25) is 0 Å². The van der Waals surface area contributed by atoms with Gasteiger partial charge in [-0.3, -0.25) is 4.90 Å². The Labute approximate surface area is 101 Å². The van der Waals surface area contributed by atoms with Crippen LogP contribution in [-0.2, 0) is 0 Å². The van der Waals surface area contributed by atoms with Crippen molar-refractivity contribution in [3.05, 3.63) is 0 Å². The quantitative estimate of drug-likeness (QED) is 0.790. The minimum Gasteiger partial charge on any atom is -0.310 e. The minimum atomic E-state index is 0.436. The zero-order chi connectivity index (χ0) is 11.6. The van der Waals surface area contributed by atoms with E-state index in [2.05, 4.69) is 31.0 Å². The predicted molar refractivity (Wildman–Crippen MR) is 69.8 cm³/mol. The van der Waals surface area contributed by atoms with Crippen molar-refractivity contribution < 1.29 is 0 Å². The van der Waals surface area contributed by atoms with Crippen LogP contribution in [0.25, 0.3) is 0 Å². The molecule has 2 heterocycles. The Kier molecular flexibility index (Phi) is 3.60. The fraction of sp³-hybridized carbons (Fsp3) is 1.00. The van der Waals surface area contributed by atoms with Crippen LogP contribution in [0.3, 0.4) is 0 Å². The lowest BCUT2D eigenvalue weighted by Gasteiger charge is -2.40. The lowest BCUT2D eigenvalue weighted by molar-refractivity contribution is 0.120. The molecule has 0 aromatic carbocycles. The molecule has 0 aliphatic carbocycles. The zero-order valence-electron chi connectivity index (χ0n) is 11.3. The molecule has 2 saturated heterocycles. The molecule has 2 aliphatic heterocycles. The summed E-state index contributed by atoms with van der Waals surface area (Å²) in [6.45, 7) is 10.9. The normalized spacial score (nSPS) is 34.7. The molecule has 2 heteroatoms. The van der Waals surface area contributed by atoms with Gasteiger partial charge in [0, 0.05) is 17.6 Å². The van der Waals surface area contributed by atoms with Gasteiger partial charge < -0.3 is 5.32 Å². The molecule has 0 amide bonds. The topological polar surface area (TPSA) is 15.3 Å². The molecular formula is C14H28N2. The van der Waals surface area contributed by atoms with Crippen LogP contribution < -0.4 is 5.32 Å². The van der Waals surface area contributed by atoms with E-state index in [0.29, 0.717) is 11.1 Å². The van der Waals surface area contributed by atoms with Gasteiger partial charge in [-0.2, -0.15) is 0 Å². The second-order valence-electron chi connectivity index (χ2n) is 6.40. The summed E-state index contributed by atoms with van der Waals surface area (Å²) < 4.78 is 0. The first kappa shape index (κ1) is 12.4. The standard InChI is InChI=1S/C14H28N2/c1-4-7-14(9-5-10-15-14)12-16-11-6-8-13(16,2)3/h15H,4-12H2,1-3H3. The van der Waals surface area contributed by atoms with E-state index < -0.39 is 0 Å². The second kappa shape index (κ2) is 4.66. The van der Waals surface area contributed by atoms with Crippen molar-refractivity contribution in [3.63, 3.8) is 0 Å². The van der Waals surface area contributed by atoms with Gasteiger partial charge in [-0.25, -0.2) is 0 Å². The van der Waals surface area contributed by atoms with Crippen molar-refractivity contribution in [3.8, 4) is 0 Å². The summed E-state index contributed by atoms with van der Waals surface area (Å²) in [5, 5.41) is 3.79. The summed E-state index contributed by atoms with van der Waals surface area (Å²) in [6, 6.07) is 0. The number of hydrogen-bond acceptors (Lipinski definition) is 2. The highest BCUT2D eigenvalue weighted by Gasteiger charge is 2.40. The summed E-state index contributed by atoms with van der Waals surface area (Å²) in [6.07, 6.45) is 8.16. The van der Waals surface area contributed by atoms with Gasteiger partial charge in [0.1, 0.15) is 0 Å². The highest BCUT2D eigenvalue weighted by Crippen LogP contribution is 2.33. The lowest BCUT2D eigenvalue weighted by atomic mass is 9.89. The van der Waals surface area contributed by atoms with E-state index in [1.807, 2.05) is 0 Å². The summed E-state index contributed by atoms with van der Waals surface area (Å²) >= 11 is 0. The van der Waals surface area contributed by atoms with Crippen LogP contribution in [-0.4, -0.2) is 35.6 Å². The van der Waals surface area contributed by atoms with Gasteiger partial charge in [0.15, 0.2) is 0 Å². The van der Waals surface area contributed by atoms with E-state index in [4.69, 9.17) is 0 Å². The third-order valence-corrected chi connectivity index (χ3v) is 4.63. The average Bonchev–Trinajstić information content (AvgIpc) is 2.77. The van der Waals surface area contributed by atoms with Crippen LogP contribution in [0, 0.1) is 0 Å². The van der Waals surface area contributed by atoms with Crippen molar-refractivity contribution in [1.29, 1.82) is 0 Å². The van der Waals surface area contributed by atoms with E-state index in [-0.39, 0.29) is 0 Å². The first-order chi connectivity index (χ1) is 7.58. The fourth-order valence-corrected chi connectivity index (χ4v) is 3.60. The van der Waals surface area contributed by atoms with Gasteiger partial charge >= 0.3 is 0 Å². The molecule has 2 rings (SSSR count). The molecule has 94 valence electrons. The zero-order valence-corrected chi connectivity index (χ0v) is 11.3. The largest absolute Gasteiger partial charge is 0.310 e. The Bertz CT molecular complexity index is 229. The average molecular weight is 224 g/mol. The van der Waals surface area contributed by atoms with E-state index in [1.165, 1.54) is 58.2 Å². The van der Waals surface area contributed by atoms with E-state index in [9.17, 15) is 0 Å². The Hall–Kier alpha value is -0.0800. The van der Waals surface area contributed by atoms with Crippen LogP contribution in [0.5, 0.6) is 0 Å².